The Labute approximate surface area is 141 Å². The van der Waals surface area contributed by atoms with Crippen LogP contribution in [-0.2, 0) is 15.5 Å². The first-order valence-corrected chi connectivity index (χ1v) is 9.08. The highest BCUT2D eigenvalue weighted by molar-refractivity contribution is 7.85. The Hall–Kier alpha value is -2.24. The summed E-state index contributed by atoms with van der Waals surface area (Å²) in [5.41, 5.74) is 2.12. The first-order chi connectivity index (χ1) is 11.2. The summed E-state index contributed by atoms with van der Waals surface area (Å²) in [7, 11) is -4.39. The van der Waals surface area contributed by atoms with E-state index in [0.29, 0.717) is 5.56 Å². The third-order valence-electron chi connectivity index (χ3n) is 4.00. The highest BCUT2D eigenvalue weighted by Crippen LogP contribution is 2.36. The SMILES string of the molecule is CC(C)(C)c1cc(-c2cccnc2S(=O)(=O)O)cc2ccccc12. The molecule has 1 N–H and O–H groups in total. The number of rotatable bonds is 2. The third-order valence-corrected chi connectivity index (χ3v) is 4.81. The second-order valence-electron chi connectivity index (χ2n) is 6.83. The molecule has 0 spiro atoms. The van der Waals surface area contributed by atoms with Crippen molar-refractivity contribution in [3.8, 4) is 11.1 Å². The minimum absolute atomic E-state index is 0.115. The van der Waals surface area contributed by atoms with Gasteiger partial charge in [0.2, 0.25) is 0 Å². The summed E-state index contributed by atoms with van der Waals surface area (Å²) in [6, 6.07) is 15.2. The molecule has 0 saturated carbocycles. The van der Waals surface area contributed by atoms with Crippen molar-refractivity contribution < 1.29 is 13.0 Å². The summed E-state index contributed by atoms with van der Waals surface area (Å²) in [5.74, 6) is 0. The zero-order valence-corrected chi connectivity index (χ0v) is 14.6. The molecule has 4 nitrogen and oxygen atoms in total. The van der Waals surface area contributed by atoms with E-state index < -0.39 is 10.1 Å². The molecule has 1 aromatic heterocycles. The van der Waals surface area contributed by atoms with Crippen LogP contribution in [0, 0.1) is 0 Å². The predicted molar refractivity (Wildman–Crippen MR) is 95.7 cm³/mol. The molecule has 0 fully saturated rings. The zero-order valence-electron chi connectivity index (χ0n) is 13.8. The topological polar surface area (TPSA) is 67.3 Å². The Kier molecular flexibility index (Phi) is 3.94. The van der Waals surface area contributed by atoms with Gasteiger partial charge in [-0.25, -0.2) is 4.98 Å². The van der Waals surface area contributed by atoms with Gasteiger partial charge in [-0.3, -0.25) is 4.55 Å². The van der Waals surface area contributed by atoms with Gasteiger partial charge in [-0.15, -0.1) is 0 Å². The van der Waals surface area contributed by atoms with Crippen molar-refractivity contribution in [2.24, 2.45) is 0 Å². The molecule has 0 saturated heterocycles. The average molecular weight is 341 g/mol. The monoisotopic (exact) mass is 341 g/mol. The molecule has 3 rings (SSSR count). The lowest BCUT2D eigenvalue weighted by molar-refractivity contribution is 0.479. The number of hydrogen-bond acceptors (Lipinski definition) is 3. The molecule has 0 aliphatic carbocycles. The molecular formula is C19H19NO3S. The molecule has 0 radical (unpaired) electrons. The van der Waals surface area contributed by atoms with Crippen LogP contribution in [0.15, 0.2) is 59.8 Å². The van der Waals surface area contributed by atoms with Crippen LogP contribution in [0.3, 0.4) is 0 Å². The molecule has 0 bridgehead atoms. The molecule has 0 aliphatic heterocycles. The van der Waals surface area contributed by atoms with Gasteiger partial charge < -0.3 is 0 Å². The third kappa shape index (κ3) is 3.05. The second kappa shape index (κ2) is 5.69. The molecule has 0 amide bonds. The number of hydrogen-bond donors (Lipinski definition) is 1. The van der Waals surface area contributed by atoms with Crippen LogP contribution in [0.25, 0.3) is 21.9 Å². The minimum atomic E-state index is -4.39. The van der Waals surface area contributed by atoms with Gasteiger partial charge in [-0.2, -0.15) is 8.42 Å². The standard InChI is InChI=1S/C19H19NO3S/c1-19(2,3)17-12-14(11-13-7-4-5-8-15(13)17)16-9-6-10-20-18(16)24(21,22)23/h4-12H,1-3H3,(H,21,22,23). The number of nitrogens with zero attached hydrogens (tertiary/aromatic N) is 1. The lowest BCUT2D eigenvalue weighted by atomic mass is 9.82. The Morgan fingerprint density at radius 2 is 1.71 bits per heavy atom. The molecule has 5 heteroatoms. The lowest BCUT2D eigenvalue weighted by Gasteiger charge is -2.23. The fraction of sp³-hybridized carbons (Fsp3) is 0.211. The average Bonchev–Trinajstić information content (AvgIpc) is 2.52. The van der Waals surface area contributed by atoms with Crippen molar-refractivity contribution in [3.05, 3.63) is 60.3 Å². The van der Waals surface area contributed by atoms with Gasteiger partial charge >= 0.3 is 10.1 Å². The van der Waals surface area contributed by atoms with E-state index >= 15 is 0 Å². The van der Waals surface area contributed by atoms with E-state index in [1.807, 2.05) is 30.3 Å². The van der Waals surface area contributed by atoms with Crippen LogP contribution in [0.5, 0.6) is 0 Å². The number of benzene rings is 2. The van der Waals surface area contributed by atoms with E-state index in [2.05, 4.69) is 31.8 Å². The molecule has 3 aromatic rings. The zero-order chi connectivity index (χ0) is 17.5. The van der Waals surface area contributed by atoms with Gasteiger partial charge in [-0.05, 0) is 51.6 Å². The van der Waals surface area contributed by atoms with Gasteiger partial charge in [0.15, 0.2) is 5.03 Å². The molecule has 24 heavy (non-hydrogen) atoms. The summed E-state index contributed by atoms with van der Waals surface area (Å²) in [4.78, 5) is 3.86. The molecule has 2 aromatic carbocycles. The number of aromatic nitrogens is 1. The number of fused-ring (bicyclic) bond motifs is 1. The lowest BCUT2D eigenvalue weighted by Crippen LogP contribution is -2.12. The normalized spacial score (nSPS) is 12.5. The van der Waals surface area contributed by atoms with Crippen LogP contribution >= 0.6 is 0 Å². The van der Waals surface area contributed by atoms with E-state index in [9.17, 15) is 13.0 Å². The largest absolute Gasteiger partial charge is 0.312 e. The Morgan fingerprint density at radius 1 is 1.00 bits per heavy atom. The molecule has 1 heterocycles. The highest BCUT2D eigenvalue weighted by atomic mass is 32.2. The highest BCUT2D eigenvalue weighted by Gasteiger charge is 2.22. The molecule has 0 unspecified atom stereocenters. The van der Waals surface area contributed by atoms with Crippen molar-refractivity contribution in [2.45, 2.75) is 31.2 Å². The Bertz CT molecular complexity index is 1020. The minimum Gasteiger partial charge on any atom is -0.281 e. The van der Waals surface area contributed by atoms with E-state index in [4.69, 9.17) is 0 Å². The van der Waals surface area contributed by atoms with Crippen molar-refractivity contribution in [1.29, 1.82) is 0 Å². The summed E-state index contributed by atoms with van der Waals surface area (Å²) >= 11 is 0. The maximum absolute atomic E-state index is 11.7. The van der Waals surface area contributed by atoms with Crippen molar-refractivity contribution >= 4 is 20.9 Å². The van der Waals surface area contributed by atoms with E-state index in [1.165, 1.54) is 6.20 Å². The van der Waals surface area contributed by atoms with Crippen LogP contribution in [-0.4, -0.2) is 18.0 Å². The van der Waals surface area contributed by atoms with Gasteiger partial charge in [0.1, 0.15) is 0 Å². The van der Waals surface area contributed by atoms with Crippen LogP contribution < -0.4 is 0 Å². The van der Waals surface area contributed by atoms with Crippen LogP contribution in [0.1, 0.15) is 26.3 Å². The van der Waals surface area contributed by atoms with Crippen molar-refractivity contribution in [1.82, 2.24) is 4.98 Å². The molecular weight excluding hydrogens is 322 g/mol. The quantitative estimate of drug-likeness (QED) is 0.700. The maximum Gasteiger partial charge on any atom is 0.312 e. The molecule has 0 atom stereocenters. The van der Waals surface area contributed by atoms with E-state index in [0.717, 1.165) is 21.9 Å². The first kappa shape index (κ1) is 16.6. The molecule has 0 aliphatic rings. The van der Waals surface area contributed by atoms with E-state index in [-0.39, 0.29) is 10.4 Å². The summed E-state index contributed by atoms with van der Waals surface area (Å²) in [5, 5.41) is 1.83. The van der Waals surface area contributed by atoms with Gasteiger partial charge in [0.05, 0.1) is 0 Å². The summed E-state index contributed by atoms with van der Waals surface area (Å²) in [6.45, 7) is 6.35. The van der Waals surface area contributed by atoms with Gasteiger partial charge in [0.25, 0.3) is 0 Å². The second-order valence-corrected chi connectivity index (χ2v) is 8.16. The fourth-order valence-electron chi connectivity index (χ4n) is 2.90. The smallest absolute Gasteiger partial charge is 0.281 e. The van der Waals surface area contributed by atoms with E-state index in [1.54, 1.807) is 12.1 Å². The Morgan fingerprint density at radius 3 is 2.38 bits per heavy atom. The van der Waals surface area contributed by atoms with Crippen LogP contribution in [0.2, 0.25) is 0 Å². The first-order valence-electron chi connectivity index (χ1n) is 7.64. The van der Waals surface area contributed by atoms with Crippen molar-refractivity contribution in [2.75, 3.05) is 0 Å². The summed E-state index contributed by atoms with van der Waals surface area (Å²) in [6.07, 6.45) is 1.36. The van der Waals surface area contributed by atoms with Gasteiger partial charge in [0, 0.05) is 11.8 Å². The van der Waals surface area contributed by atoms with Crippen molar-refractivity contribution in [3.63, 3.8) is 0 Å². The Balaban J connectivity index is 2.38. The maximum atomic E-state index is 11.7. The number of pyridine rings is 1. The molecule has 124 valence electrons. The summed E-state index contributed by atoms with van der Waals surface area (Å²) < 4.78 is 32.8. The fourth-order valence-corrected chi connectivity index (χ4v) is 3.56. The predicted octanol–water partition coefficient (Wildman–Crippen LogP) is 4.45. The van der Waals surface area contributed by atoms with Crippen LogP contribution in [0.4, 0.5) is 0 Å². The van der Waals surface area contributed by atoms with Gasteiger partial charge in [-0.1, -0.05) is 45.0 Å².